The van der Waals surface area contributed by atoms with E-state index < -0.39 is 6.09 Å². The Morgan fingerprint density at radius 3 is 2.14 bits per heavy atom. The zero-order valence-corrected chi connectivity index (χ0v) is 13.4. The highest BCUT2D eigenvalue weighted by Gasteiger charge is 2.06. The van der Waals surface area contributed by atoms with E-state index in [0.29, 0.717) is 12.3 Å². The van der Waals surface area contributed by atoms with Gasteiger partial charge in [0.1, 0.15) is 5.69 Å². The van der Waals surface area contributed by atoms with E-state index >= 15 is 0 Å². The molecule has 0 atom stereocenters. The third-order valence-electron chi connectivity index (χ3n) is 2.71. The number of amidine groups is 1. The summed E-state index contributed by atoms with van der Waals surface area (Å²) in [5.74, 6) is 1.02. The van der Waals surface area contributed by atoms with E-state index in [1.54, 1.807) is 6.92 Å². The lowest BCUT2D eigenvalue weighted by Crippen LogP contribution is -2.18. The van der Waals surface area contributed by atoms with Crippen LogP contribution in [0.25, 0.3) is 0 Å². The molecule has 0 aliphatic carbocycles. The van der Waals surface area contributed by atoms with Crippen LogP contribution in [0.3, 0.4) is 0 Å². The van der Waals surface area contributed by atoms with Crippen molar-refractivity contribution in [3.63, 3.8) is 0 Å². The maximum atomic E-state index is 11.3. The van der Waals surface area contributed by atoms with Crippen LogP contribution in [0.1, 0.15) is 27.7 Å². The summed E-state index contributed by atoms with van der Waals surface area (Å²) in [6, 6.07) is 7.46. The Bertz CT molecular complexity index is 541. The first-order chi connectivity index (χ1) is 9.92. The Morgan fingerprint density at radius 1 is 1.14 bits per heavy atom. The second kappa shape index (κ2) is 8.09. The number of rotatable bonds is 4. The molecule has 5 nitrogen and oxygen atoms in total. The second-order valence-electron chi connectivity index (χ2n) is 4.95. The van der Waals surface area contributed by atoms with E-state index in [0.717, 1.165) is 11.5 Å². The minimum atomic E-state index is -0.441. The number of amides is 1. The minimum Gasteiger partial charge on any atom is -0.450 e. The third kappa shape index (κ3) is 6.12. The first kappa shape index (κ1) is 16.8. The lowest BCUT2D eigenvalue weighted by molar-refractivity contribution is -0.423. The molecule has 1 amide bonds. The van der Waals surface area contributed by atoms with Crippen molar-refractivity contribution in [2.75, 3.05) is 24.3 Å². The largest absolute Gasteiger partial charge is 0.450 e. The number of hydrogen-bond donors (Lipinski definition) is 2. The van der Waals surface area contributed by atoms with E-state index in [2.05, 4.69) is 30.7 Å². The molecule has 0 spiro atoms. The second-order valence-corrected chi connectivity index (χ2v) is 4.95. The van der Waals surface area contributed by atoms with Gasteiger partial charge in [-0.1, -0.05) is 0 Å². The Labute approximate surface area is 126 Å². The topological polar surface area (TPSA) is 53.4 Å². The van der Waals surface area contributed by atoms with Gasteiger partial charge in [-0.05, 0) is 50.6 Å². The summed E-state index contributed by atoms with van der Waals surface area (Å²) in [7, 11) is 1.99. The molecule has 0 aliphatic heterocycles. The molecule has 0 bridgehead atoms. The Hall–Kier alpha value is -2.30. The van der Waals surface area contributed by atoms with Gasteiger partial charge >= 0.3 is 6.09 Å². The van der Waals surface area contributed by atoms with Crippen LogP contribution in [0.2, 0.25) is 0 Å². The molecule has 5 heteroatoms. The molecule has 0 saturated heterocycles. The van der Waals surface area contributed by atoms with Crippen molar-refractivity contribution < 1.29 is 14.1 Å². The molecular weight excluding hydrogens is 266 g/mol. The molecule has 0 fully saturated rings. The van der Waals surface area contributed by atoms with Crippen LogP contribution in [0.15, 0.2) is 36.0 Å². The van der Waals surface area contributed by atoms with Gasteiger partial charge in [0.25, 0.3) is 5.84 Å². The molecule has 0 unspecified atom stereocenters. The van der Waals surface area contributed by atoms with Crippen molar-refractivity contribution in [3.05, 3.63) is 36.0 Å². The number of anilines is 2. The molecule has 1 aromatic carbocycles. The molecule has 1 aromatic rings. The molecular formula is C16H24N3O2+. The average Bonchev–Trinajstić information content (AvgIpc) is 2.40. The van der Waals surface area contributed by atoms with Gasteiger partial charge in [-0.25, -0.2) is 14.7 Å². The fourth-order valence-electron chi connectivity index (χ4n) is 1.70. The Morgan fingerprint density at radius 2 is 1.67 bits per heavy atom. The van der Waals surface area contributed by atoms with Crippen molar-refractivity contribution in [1.82, 2.24) is 0 Å². The predicted molar refractivity (Wildman–Crippen MR) is 87.0 cm³/mol. The van der Waals surface area contributed by atoms with Crippen LogP contribution >= 0.6 is 0 Å². The highest BCUT2D eigenvalue weighted by atomic mass is 16.5. The monoisotopic (exact) mass is 290 g/mol. The standard InChI is InChI=1S/C16H23N3O2/c1-6-21-16(20)18-15-9-7-14(8-10-15)17-13(4)19(5)11-12(2)3/h7-11H,6H2,1-5H3,(H,18,20)/p+1. The average molecular weight is 290 g/mol. The summed E-state index contributed by atoms with van der Waals surface area (Å²) >= 11 is 0. The molecule has 0 aromatic heterocycles. The summed E-state index contributed by atoms with van der Waals surface area (Å²) < 4.78 is 6.85. The van der Waals surface area contributed by atoms with Crippen molar-refractivity contribution in [2.45, 2.75) is 27.7 Å². The van der Waals surface area contributed by atoms with Gasteiger partial charge in [-0.15, -0.1) is 0 Å². The van der Waals surface area contributed by atoms with E-state index in [9.17, 15) is 4.79 Å². The van der Waals surface area contributed by atoms with Gasteiger partial charge in [0.2, 0.25) is 0 Å². The predicted octanol–water partition coefficient (Wildman–Crippen LogP) is 3.65. The fraction of sp³-hybridized carbons (Fsp3) is 0.375. The number of carbonyl (C=O) groups is 1. The van der Waals surface area contributed by atoms with E-state index in [1.807, 2.05) is 42.8 Å². The minimum absolute atomic E-state index is 0.357. The maximum absolute atomic E-state index is 11.3. The number of allylic oxidation sites excluding steroid dienone is 1. The first-order valence-electron chi connectivity index (χ1n) is 6.94. The quantitative estimate of drug-likeness (QED) is 0.505. The summed E-state index contributed by atoms with van der Waals surface area (Å²) in [4.78, 5) is 11.3. The van der Waals surface area contributed by atoms with E-state index in [4.69, 9.17) is 4.74 Å². The van der Waals surface area contributed by atoms with Gasteiger partial charge in [-0.3, -0.25) is 5.32 Å². The van der Waals surface area contributed by atoms with Gasteiger partial charge in [-0.2, -0.15) is 0 Å². The molecule has 21 heavy (non-hydrogen) atoms. The molecule has 0 saturated carbocycles. The van der Waals surface area contributed by atoms with Crippen molar-refractivity contribution in [2.24, 2.45) is 0 Å². The summed E-state index contributed by atoms with van der Waals surface area (Å²) in [6.07, 6.45) is 1.61. The number of nitrogens with zero attached hydrogens (tertiary/aromatic N) is 1. The number of benzene rings is 1. The zero-order chi connectivity index (χ0) is 15.8. The Kier molecular flexibility index (Phi) is 6.46. The van der Waals surface area contributed by atoms with Crippen LogP contribution in [-0.2, 0) is 4.74 Å². The fourth-order valence-corrected chi connectivity index (χ4v) is 1.70. The van der Waals surface area contributed by atoms with Crippen LogP contribution in [0.5, 0.6) is 0 Å². The lowest BCUT2D eigenvalue weighted by Gasteiger charge is -2.06. The van der Waals surface area contributed by atoms with Gasteiger partial charge in [0.05, 0.1) is 19.9 Å². The van der Waals surface area contributed by atoms with Crippen molar-refractivity contribution in [1.29, 1.82) is 0 Å². The van der Waals surface area contributed by atoms with Crippen LogP contribution in [-0.4, -0.2) is 30.2 Å². The highest BCUT2D eigenvalue weighted by molar-refractivity contribution is 5.90. The molecule has 0 radical (unpaired) electrons. The van der Waals surface area contributed by atoms with E-state index in [-0.39, 0.29) is 0 Å². The van der Waals surface area contributed by atoms with Gasteiger partial charge < -0.3 is 4.74 Å². The van der Waals surface area contributed by atoms with Crippen LogP contribution in [0.4, 0.5) is 16.2 Å². The molecule has 0 aliphatic rings. The SMILES string of the molecule is CCOC(=O)Nc1ccc(NC(C)=[N+](C)C=C(C)C)cc1. The summed E-state index contributed by atoms with van der Waals surface area (Å²) in [5.41, 5.74) is 2.89. The molecule has 0 heterocycles. The van der Waals surface area contributed by atoms with E-state index in [1.165, 1.54) is 5.57 Å². The summed E-state index contributed by atoms with van der Waals surface area (Å²) in [5, 5.41) is 5.96. The van der Waals surface area contributed by atoms with Gasteiger partial charge in [0.15, 0.2) is 0 Å². The zero-order valence-electron chi connectivity index (χ0n) is 13.4. The van der Waals surface area contributed by atoms with Crippen molar-refractivity contribution >= 4 is 23.3 Å². The number of hydrogen-bond acceptors (Lipinski definition) is 2. The highest BCUT2D eigenvalue weighted by Crippen LogP contribution is 2.13. The Balaban J connectivity index is 2.71. The molecule has 1 rings (SSSR count). The molecule has 2 N–H and O–H groups in total. The van der Waals surface area contributed by atoms with Crippen LogP contribution < -0.4 is 10.6 Å². The number of nitrogens with one attached hydrogen (secondary N) is 2. The normalized spacial score (nSPS) is 11.3. The third-order valence-corrected chi connectivity index (χ3v) is 2.71. The molecule has 114 valence electrons. The van der Waals surface area contributed by atoms with Gasteiger partial charge in [0, 0.05) is 12.6 Å². The number of carbonyl (C=O) groups excluding carboxylic acids is 1. The van der Waals surface area contributed by atoms with Crippen molar-refractivity contribution in [3.8, 4) is 0 Å². The number of ether oxygens (including phenoxy) is 1. The maximum Gasteiger partial charge on any atom is 0.411 e. The summed E-state index contributed by atoms with van der Waals surface area (Å²) in [6.45, 7) is 8.24. The lowest BCUT2D eigenvalue weighted by atomic mass is 10.3. The first-order valence-corrected chi connectivity index (χ1v) is 6.94. The van der Waals surface area contributed by atoms with Crippen LogP contribution in [0, 0.1) is 0 Å². The smallest absolute Gasteiger partial charge is 0.411 e.